The molecule has 0 aliphatic carbocycles. The van der Waals surface area contributed by atoms with Gasteiger partial charge in [-0.25, -0.2) is 4.39 Å². The van der Waals surface area contributed by atoms with Crippen LogP contribution in [0, 0.1) is 5.82 Å². The van der Waals surface area contributed by atoms with Crippen LogP contribution in [-0.4, -0.2) is 13.0 Å². The second kappa shape index (κ2) is 5.26. The number of carbonyl (C=O) groups excluding carboxylic acids is 1. The summed E-state index contributed by atoms with van der Waals surface area (Å²) in [6.07, 6.45) is 0. The quantitative estimate of drug-likeness (QED) is 0.911. The molecule has 1 atom stereocenters. The van der Waals surface area contributed by atoms with Crippen LogP contribution in [0.25, 0.3) is 0 Å². The van der Waals surface area contributed by atoms with E-state index in [1.807, 2.05) is 18.2 Å². The minimum atomic E-state index is -0.308. The SMILES string of the molecule is CNC1C(=O)Nc2cc(Sc3ccccc3F)ccc21. The average molecular weight is 288 g/mol. The molecule has 20 heavy (non-hydrogen) atoms. The number of amides is 1. The van der Waals surface area contributed by atoms with E-state index in [-0.39, 0.29) is 17.8 Å². The number of likely N-dealkylation sites (N-methyl/N-ethyl adjacent to an activating group) is 1. The van der Waals surface area contributed by atoms with Gasteiger partial charge >= 0.3 is 0 Å². The number of hydrogen-bond acceptors (Lipinski definition) is 3. The van der Waals surface area contributed by atoms with Crippen LogP contribution in [0.5, 0.6) is 0 Å². The maximum atomic E-state index is 13.6. The van der Waals surface area contributed by atoms with E-state index >= 15 is 0 Å². The summed E-state index contributed by atoms with van der Waals surface area (Å²) in [6, 6.07) is 12.0. The first-order chi connectivity index (χ1) is 9.69. The lowest BCUT2D eigenvalue weighted by molar-refractivity contribution is -0.117. The van der Waals surface area contributed by atoms with Crippen molar-refractivity contribution in [1.82, 2.24) is 5.32 Å². The Morgan fingerprint density at radius 1 is 1.25 bits per heavy atom. The number of anilines is 1. The van der Waals surface area contributed by atoms with Crippen molar-refractivity contribution in [3.63, 3.8) is 0 Å². The molecular formula is C15H13FN2OS. The van der Waals surface area contributed by atoms with E-state index in [1.54, 1.807) is 25.2 Å². The van der Waals surface area contributed by atoms with Crippen molar-refractivity contribution in [3.8, 4) is 0 Å². The van der Waals surface area contributed by atoms with Crippen molar-refractivity contribution in [2.45, 2.75) is 15.8 Å². The van der Waals surface area contributed by atoms with Crippen LogP contribution in [0.15, 0.2) is 52.3 Å². The molecule has 1 unspecified atom stereocenters. The first kappa shape index (κ1) is 13.1. The minimum absolute atomic E-state index is 0.0597. The van der Waals surface area contributed by atoms with Crippen molar-refractivity contribution < 1.29 is 9.18 Å². The Kier molecular flexibility index (Phi) is 3.46. The Morgan fingerprint density at radius 3 is 2.80 bits per heavy atom. The molecule has 0 radical (unpaired) electrons. The van der Waals surface area contributed by atoms with E-state index in [9.17, 15) is 9.18 Å². The highest BCUT2D eigenvalue weighted by Gasteiger charge is 2.29. The zero-order chi connectivity index (χ0) is 14.1. The molecule has 0 bridgehead atoms. The van der Waals surface area contributed by atoms with Gasteiger partial charge in [0.25, 0.3) is 0 Å². The van der Waals surface area contributed by atoms with Gasteiger partial charge < -0.3 is 10.6 Å². The third-order valence-corrected chi connectivity index (χ3v) is 4.25. The van der Waals surface area contributed by atoms with Gasteiger partial charge in [0.15, 0.2) is 0 Å². The van der Waals surface area contributed by atoms with Crippen molar-refractivity contribution in [2.75, 3.05) is 12.4 Å². The van der Waals surface area contributed by atoms with Crippen LogP contribution < -0.4 is 10.6 Å². The highest BCUT2D eigenvalue weighted by Crippen LogP contribution is 2.36. The summed E-state index contributed by atoms with van der Waals surface area (Å²) in [6.45, 7) is 0. The molecule has 2 aromatic carbocycles. The first-order valence-electron chi connectivity index (χ1n) is 6.23. The number of hydrogen-bond donors (Lipinski definition) is 2. The van der Waals surface area contributed by atoms with Crippen molar-refractivity contribution >= 4 is 23.4 Å². The average Bonchev–Trinajstić information content (AvgIpc) is 2.76. The molecule has 2 aromatic rings. The molecule has 1 aliphatic heterocycles. The normalized spacial score (nSPS) is 16.9. The van der Waals surface area contributed by atoms with Gasteiger partial charge in [-0.15, -0.1) is 0 Å². The van der Waals surface area contributed by atoms with E-state index in [1.165, 1.54) is 17.8 Å². The molecule has 2 N–H and O–H groups in total. The Morgan fingerprint density at radius 2 is 2.05 bits per heavy atom. The molecule has 0 spiro atoms. The summed E-state index contributed by atoms with van der Waals surface area (Å²) in [5.74, 6) is -0.300. The van der Waals surface area contributed by atoms with Gasteiger partial charge in [0.2, 0.25) is 5.91 Å². The van der Waals surface area contributed by atoms with Gasteiger partial charge in [-0.1, -0.05) is 30.0 Å². The third-order valence-electron chi connectivity index (χ3n) is 3.21. The molecule has 102 valence electrons. The number of fused-ring (bicyclic) bond motifs is 1. The van der Waals surface area contributed by atoms with Gasteiger partial charge in [0, 0.05) is 21.0 Å². The highest BCUT2D eigenvalue weighted by molar-refractivity contribution is 7.99. The van der Waals surface area contributed by atoms with Gasteiger partial charge in [0.05, 0.1) is 0 Å². The number of carbonyl (C=O) groups is 1. The Bertz CT molecular complexity index is 675. The maximum absolute atomic E-state index is 13.6. The predicted octanol–water partition coefficient (Wildman–Crippen LogP) is 3.19. The lowest BCUT2D eigenvalue weighted by Gasteiger charge is -2.08. The Hall–Kier alpha value is -1.85. The minimum Gasteiger partial charge on any atom is -0.324 e. The van der Waals surface area contributed by atoms with Crippen LogP contribution >= 0.6 is 11.8 Å². The third kappa shape index (κ3) is 2.30. The molecule has 0 aromatic heterocycles. The second-order valence-electron chi connectivity index (χ2n) is 4.49. The van der Waals surface area contributed by atoms with Crippen LogP contribution in [0.3, 0.4) is 0 Å². The smallest absolute Gasteiger partial charge is 0.246 e. The van der Waals surface area contributed by atoms with Crippen molar-refractivity contribution in [3.05, 3.63) is 53.8 Å². The van der Waals surface area contributed by atoms with Crippen molar-refractivity contribution in [2.24, 2.45) is 0 Å². The zero-order valence-electron chi connectivity index (χ0n) is 10.8. The first-order valence-corrected chi connectivity index (χ1v) is 7.05. The summed E-state index contributed by atoms with van der Waals surface area (Å²) in [4.78, 5) is 13.2. The summed E-state index contributed by atoms with van der Waals surface area (Å²) in [5.41, 5.74) is 1.71. The lowest BCUT2D eigenvalue weighted by atomic mass is 10.1. The van der Waals surface area contributed by atoms with Crippen LogP contribution in [0.1, 0.15) is 11.6 Å². The van der Waals surface area contributed by atoms with Gasteiger partial charge in [-0.2, -0.15) is 0 Å². The highest BCUT2D eigenvalue weighted by atomic mass is 32.2. The summed E-state index contributed by atoms with van der Waals surface area (Å²) in [7, 11) is 1.75. The van der Waals surface area contributed by atoms with E-state index in [0.29, 0.717) is 4.90 Å². The van der Waals surface area contributed by atoms with Crippen molar-refractivity contribution in [1.29, 1.82) is 0 Å². The molecule has 0 saturated heterocycles. The lowest BCUT2D eigenvalue weighted by Crippen LogP contribution is -2.23. The van der Waals surface area contributed by atoms with Crippen LogP contribution in [0.2, 0.25) is 0 Å². The number of rotatable bonds is 3. The molecule has 0 fully saturated rings. The molecule has 1 amide bonds. The maximum Gasteiger partial charge on any atom is 0.246 e. The Labute approximate surface area is 120 Å². The molecule has 1 heterocycles. The molecular weight excluding hydrogens is 275 g/mol. The van der Waals surface area contributed by atoms with E-state index in [2.05, 4.69) is 10.6 Å². The number of benzene rings is 2. The fourth-order valence-electron chi connectivity index (χ4n) is 2.25. The van der Waals surface area contributed by atoms with E-state index < -0.39 is 0 Å². The molecule has 0 saturated carbocycles. The molecule has 5 heteroatoms. The van der Waals surface area contributed by atoms with Gasteiger partial charge in [-0.05, 0) is 31.3 Å². The summed E-state index contributed by atoms with van der Waals surface area (Å²) < 4.78 is 13.6. The molecule has 3 nitrogen and oxygen atoms in total. The Balaban J connectivity index is 1.90. The number of nitrogens with one attached hydrogen (secondary N) is 2. The summed E-state index contributed by atoms with van der Waals surface area (Å²) >= 11 is 1.34. The largest absolute Gasteiger partial charge is 0.324 e. The predicted molar refractivity (Wildman–Crippen MR) is 77.4 cm³/mol. The zero-order valence-corrected chi connectivity index (χ0v) is 11.6. The van der Waals surface area contributed by atoms with Crippen LogP contribution in [-0.2, 0) is 4.79 Å². The van der Waals surface area contributed by atoms with Crippen LogP contribution in [0.4, 0.5) is 10.1 Å². The van der Waals surface area contributed by atoms with E-state index in [0.717, 1.165) is 16.1 Å². The monoisotopic (exact) mass is 288 g/mol. The second-order valence-corrected chi connectivity index (χ2v) is 5.61. The molecule has 1 aliphatic rings. The molecule has 3 rings (SSSR count). The topological polar surface area (TPSA) is 41.1 Å². The summed E-state index contributed by atoms with van der Waals surface area (Å²) in [5, 5.41) is 5.80. The van der Waals surface area contributed by atoms with Gasteiger partial charge in [-0.3, -0.25) is 4.79 Å². The fourth-order valence-corrected chi connectivity index (χ4v) is 3.13. The standard InChI is InChI=1S/C15H13FN2OS/c1-17-14-10-7-6-9(8-12(10)18-15(14)19)20-13-5-3-2-4-11(13)16/h2-8,14,17H,1H3,(H,18,19). The van der Waals surface area contributed by atoms with E-state index in [4.69, 9.17) is 0 Å². The van der Waals surface area contributed by atoms with Gasteiger partial charge in [0.1, 0.15) is 11.9 Å². The number of halogens is 1. The fraction of sp³-hybridized carbons (Fsp3) is 0.133.